The Labute approximate surface area is 134 Å². The molecule has 1 atom stereocenters. The number of carbonyl (C=O) groups excluding carboxylic acids is 1. The van der Waals surface area contributed by atoms with Crippen LogP contribution < -0.4 is 0 Å². The van der Waals surface area contributed by atoms with Crippen molar-refractivity contribution in [3.8, 4) is 0 Å². The second-order valence-corrected chi connectivity index (χ2v) is 8.38. The van der Waals surface area contributed by atoms with Crippen molar-refractivity contribution in [2.45, 2.75) is 90.8 Å². The van der Waals surface area contributed by atoms with E-state index in [0.717, 1.165) is 18.4 Å². The van der Waals surface area contributed by atoms with Crippen LogP contribution in [0.1, 0.15) is 67.7 Å². The molecular formula is C18H30O4. The van der Waals surface area contributed by atoms with Gasteiger partial charge in [0.2, 0.25) is 0 Å². The molecule has 1 heterocycles. The zero-order valence-corrected chi connectivity index (χ0v) is 15.0. The normalized spacial score (nSPS) is 28.3. The Balaban J connectivity index is 2.03. The summed E-state index contributed by atoms with van der Waals surface area (Å²) in [5.41, 5.74) is -0.0712. The first-order valence-corrected chi connectivity index (χ1v) is 8.19. The van der Waals surface area contributed by atoms with E-state index in [0.29, 0.717) is 6.42 Å². The molecule has 1 unspecified atom stereocenters. The maximum atomic E-state index is 12.3. The van der Waals surface area contributed by atoms with E-state index in [1.54, 1.807) is 0 Å². The van der Waals surface area contributed by atoms with Gasteiger partial charge in [0.1, 0.15) is 5.60 Å². The fourth-order valence-electron chi connectivity index (χ4n) is 2.71. The molecule has 1 aliphatic heterocycles. The number of ether oxygens (including phenoxy) is 3. The topological polar surface area (TPSA) is 44.8 Å². The molecule has 0 N–H and O–H groups in total. The Bertz CT molecular complexity index is 452. The molecule has 0 aromatic rings. The molecule has 1 fully saturated rings. The van der Waals surface area contributed by atoms with Crippen molar-refractivity contribution in [3.63, 3.8) is 0 Å². The molecule has 2 aliphatic rings. The maximum absolute atomic E-state index is 12.3. The minimum absolute atomic E-state index is 0.0988. The number of rotatable bonds is 2. The summed E-state index contributed by atoms with van der Waals surface area (Å²) in [6, 6.07) is 0. The Hall–Kier alpha value is -0.870. The minimum Gasteiger partial charge on any atom is -0.460 e. The SMILES string of the molecule is CC(C)(C)OC(=O)C1CCC=C(C2OC(C)(C)C(C)(C)O2)C1. The van der Waals surface area contributed by atoms with E-state index in [2.05, 4.69) is 6.08 Å². The second kappa shape index (κ2) is 5.64. The summed E-state index contributed by atoms with van der Waals surface area (Å²) in [5.74, 6) is -0.215. The van der Waals surface area contributed by atoms with Gasteiger partial charge in [-0.1, -0.05) is 6.08 Å². The van der Waals surface area contributed by atoms with Crippen LogP contribution in [0, 0.1) is 5.92 Å². The molecule has 0 saturated carbocycles. The molecule has 22 heavy (non-hydrogen) atoms. The Morgan fingerprint density at radius 2 is 1.73 bits per heavy atom. The second-order valence-electron chi connectivity index (χ2n) is 8.38. The average Bonchev–Trinajstić information content (AvgIpc) is 2.57. The number of hydrogen-bond donors (Lipinski definition) is 0. The molecule has 1 aliphatic carbocycles. The molecule has 126 valence electrons. The molecular weight excluding hydrogens is 280 g/mol. The Morgan fingerprint density at radius 3 is 2.23 bits per heavy atom. The highest BCUT2D eigenvalue weighted by Crippen LogP contribution is 2.42. The summed E-state index contributed by atoms with van der Waals surface area (Å²) >= 11 is 0. The third kappa shape index (κ3) is 3.72. The quantitative estimate of drug-likeness (QED) is 0.571. The van der Waals surface area contributed by atoms with Crippen molar-refractivity contribution in [2.24, 2.45) is 5.92 Å². The van der Waals surface area contributed by atoms with Crippen molar-refractivity contribution in [2.75, 3.05) is 0 Å². The monoisotopic (exact) mass is 310 g/mol. The number of carbonyl (C=O) groups is 1. The van der Waals surface area contributed by atoms with Gasteiger partial charge in [-0.05, 0) is 73.3 Å². The molecule has 4 nitrogen and oxygen atoms in total. The molecule has 2 rings (SSSR count). The van der Waals surface area contributed by atoms with E-state index in [1.807, 2.05) is 48.5 Å². The van der Waals surface area contributed by atoms with Crippen molar-refractivity contribution >= 4 is 5.97 Å². The van der Waals surface area contributed by atoms with E-state index < -0.39 is 5.60 Å². The number of allylic oxidation sites excluding steroid dienone is 1. The first-order valence-electron chi connectivity index (χ1n) is 8.19. The predicted molar refractivity (Wildman–Crippen MR) is 85.4 cm³/mol. The van der Waals surface area contributed by atoms with Crippen LogP contribution >= 0.6 is 0 Å². The fraction of sp³-hybridized carbons (Fsp3) is 0.833. The van der Waals surface area contributed by atoms with E-state index >= 15 is 0 Å². The zero-order valence-electron chi connectivity index (χ0n) is 15.0. The van der Waals surface area contributed by atoms with E-state index in [-0.39, 0.29) is 29.4 Å². The first-order chi connectivity index (χ1) is 9.91. The summed E-state index contributed by atoms with van der Waals surface area (Å²) < 4.78 is 17.7. The zero-order chi connectivity index (χ0) is 16.8. The molecule has 0 aromatic carbocycles. The average molecular weight is 310 g/mol. The summed E-state index contributed by atoms with van der Waals surface area (Å²) in [6.45, 7) is 13.9. The summed E-state index contributed by atoms with van der Waals surface area (Å²) in [4.78, 5) is 12.3. The Kier molecular flexibility index (Phi) is 4.48. The smallest absolute Gasteiger partial charge is 0.309 e. The number of esters is 1. The highest BCUT2D eigenvalue weighted by molar-refractivity contribution is 5.73. The van der Waals surface area contributed by atoms with Crippen molar-refractivity contribution in [3.05, 3.63) is 11.6 Å². The predicted octanol–water partition coefficient (Wildman–Crippen LogP) is 3.98. The lowest BCUT2D eigenvalue weighted by atomic mass is 9.88. The van der Waals surface area contributed by atoms with Crippen LogP contribution in [0.15, 0.2) is 11.6 Å². The van der Waals surface area contributed by atoms with Crippen LogP contribution in [-0.2, 0) is 19.0 Å². The molecule has 0 bridgehead atoms. The highest BCUT2D eigenvalue weighted by atomic mass is 16.7. The van der Waals surface area contributed by atoms with Crippen LogP contribution in [0.25, 0.3) is 0 Å². The van der Waals surface area contributed by atoms with Gasteiger partial charge in [-0.2, -0.15) is 0 Å². The lowest BCUT2D eigenvalue weighted by Gasteiger charge is -2.30. The first kappa shape index (κ1) is 17.5. The third-order valence-electron chi connectivity index (χ3n) is 4.70. The molecule has 1 saturated heterocycles. The minimum atomic E-state index is -0.442. The van der Waals surface area contributed by atoms with Gasteiger partial charge >= 0.3 is 5.97 Å². The fourth-order valence-corrected chi connectivity index (χ4v) is 2.71. The van der Waals surface area contributed by atoms with Gasteiger partial charge in [0.15, 0.2) is 6.29 Å². The van der Waals surface area contributed by atoms with Crippen molar-refractivity contribution < 1.29 is 19.0 Å². The molecule has 4 heteroatoms. The lowest BCUT2D eigenvalue weighted by molar-refractivity contribution is -0.160. The summed E-state index contributed by atoms with van der Waals surface area (Å²) in [7, 11) is 0. The molecule has 0 spiro atoms. The lowest BCUT2D eigenvalue weighted by Crippen LogP contribution is -2.41. The van der Waals surface area contributed by atoms with E-state index in [1.165, 1.54) is 0 Å². The van der Waals surface area contributed by atoms with Gasteiger partial charge in [-0.15, -0.1) is 0 Å². The van der Waals surface area contributed by atoms with E-state index in [4.69, 9.17) is 14.2 Å². The van der Waals surface area contributed by atoms with Crippen LogP contribution in [0.3, 0.4) is 0 Å². The Morgan fingerprint density at radius 1 is 1.18 bits per heavy atom. The molecule has 0 radical (unpaired) electrons. The van der Waals surface area contributed by atoms with Crippen LogP contribution in [-0.4, -0.2) is 29.1 Å². The molecule has 0 aromatic heterocycles. The molecule has 0 amide bonds. The van der Waals surface area contributed by atoms with Gasteiger partial charge < -0.3 is 14.2 Å². The number of hydrogen-bond acceptors (Lipinski definition) is 4. The summed E-state index contributed by atoms with van der Waals surface area (Å²) in [6.07, 6.45) is 4.16. The third-order valence-corrected chi connectivity index (χ3v) is 4.70. The van der Waals surface area contributed by atoms with Gasteiger partial charge in [0.05, 0.1) is 17.1 Å². The van der Waals surface area contributed by atoms with Crippen LogP contribution in [0.4, 0.5) is 0 Å². The maximum Gasteiger partial charge on any atom is 0.309 e. The van der Waals surface area contributed by atoms with Crippen LogP contribution in [0.5, 0.6) is 0 Å². The largest absolute Gasteiger partial charge is 0.460 e. The van der Waals surface area contributed by atoms with Crippen molar-refractivity contribution in [1.29, 1.82) is 0 Å². The van der Waals surface area contributed by atoms with Gasteiger partial charge in [0, 0.05) is 0 Å². The van der Waals surface area contributed by atoms with Gasteiger partial charge in [-0.3, -0.25) is 4.79 Å². The van der Waals surface area contributed by atoms with E-state index in [9.17, 15) is 4.79 Å². The standard InChI is InChI=1S/C18H30O4/c1-16(2,3)20-14(19)12-9-8-10-13(11-12)15-21-17(4,5)18(6,7)22-15/h10,12,15H,8-9,11H2,1-7H3. The van der Waals surface area contributed by atoms with Gasteiger partial charge in [0.25, 0.3) is 0 Å². The highest BCUT2D eigenvalue weighted by Gasteiger charge is 2.50. The van der Waals surface area contributed by atoms with Crippen molar-refractivity contribution in [1.82, 2.24) is 0 Å². The van der Waals surface area contributed by atoms with Gasteiger partial charge in [-0.25, -0.2) is 0 Å². The summed E-state index contributed by atoms with van der Waals surface area (Å²) in [5, 5.41) is 0. The van der Waals surface area contributed by atoms with Crippen LogP contribution in [0.2, 0.25) is 0 Å².